The van der Waals surface area contributed by atoms with Gasteiger partial charge in [0.05, 0.1) is 0 Å². The van der Waals surface area contributed by atoms with Gasteiger partial charge in [0.1, 0.15) is 0 Å². The summed E-state index contributed by atoms with van der Waals surface area (Å²) >= 11 is 0. The van der Waals surface area contributed by atoms with Crippen LogP contribution in [0.3, 0.4) is 0 Å². The number of Topliss-reactive ketones (excluding diaryl/α,β-unsaturated/α-hetero) is 1. The number of hydrogen-bond donors (Lipinski definition) is 2. The van der Waals surface area contributed by atoms with Gasteiger partial charge in [0, 0.05) is 36.5 Å². The van der Waals surface area contributed by atoms with Crippen LogP contribution in [0.1, 0.15) is 72.9 Å². The third kappa shape index (κ3) is 3.95. The minimum atomic E-state index is 0.0256. The Hall–Kier alpha value is -1.68. The molecule has 0 radical (unpaired) electrons. The minimum Gasteiger partial charge on any atom is -0.353 e. The highest BCUT2D eigenvalue weighted by atomic mass is 16.2. The van der Waals surface area contributed by atoms with Crippen LogP contribution in [0.2, 0.25) is 0 Å². The van der Waals surface area contributed by atoms with Gasteiger partial charge in [-0.05, 0) is 68.6 Å². The molecule has 2 N–H and O–H groups in total. The molecule has 2 atom stereocenters. The van der Waals surface area contributed by atoms with Crippen molar-refractivity contribution >= 4 is 11.7 Å². The van der Waals surface area contributed by atoms with Crippen LogP contribution in [0.5, 0.6) is 0 Å². The van der Waals surface area contributed by atoms with E-state index in [9.17, 15) is 9.59 Å². The van der Waals surface area contributed by atoms with E-state index >= 15 is 0 Å². The summed E-state index contributed by atoms with van der Waals surface area (Å²) in [6.45, 7) is 0. The monoisotopic (exact) mass is 340 g/mol. The predicted octanol–water partition coefficient (Wildman–Crippen LogP) is 2.93. The van der Waals surface area contributed by atoms with Crippen LogP contribution < -0.4 is 10.6 Å². The number of benzene rings is 1. The van der Waals surface area contributed by atoms with Crippen LogP contribution in [0.4, 0.5) is 0 Å². The first-order chi connectivity index (χ1) is 12.2. The fourth-order valence-corrected chi connectivity index (χ4v) is 4.75. The molecule has 2 fully saturated rings. The quantitative estimate of drug-likeness (QED) is 0.810. The predicted molar refractivity (Wildman–Crippen MR) is 97.8 cm³/mol. The lowest BCUT2D eigenvalue weighted by Gasteiger charge is -2.29. The van der Waals surface area contributed by atoms with Crippen LogP contribution in [0.15, 0.2) is 18.2 Å². The van der Waals surface area contributed by atoms with E-state index in [0.29, 0.717) is 24.9 Å². The Morgan fingerprint density at radius 1 is 1.00 bits per heavy atom. The number of nitrogens with one attached hydrogen (secondary N) is 2. The molecule has 2 bridgehead atoms. The summed E-state index contributed by atoms with van der Waals surface area (Å²) < 4.78 is 0. The molecule has 2 saturated heterocycles. The average molecular weight is 340 g/mol. The molecule has 134 valence electrons. The van der Waals surface area contributed by atoms with Gasteiger partial charge >= 0.3 is 0 Å². The van der Waals surface area contributed by atoms with E-state index in [0.717, 1.165) is 31.2 Å². The van der Waals surface area contributed by atoms with Gasteiger partial charge in [0.25, 0.3) is 0 Å². The van der Waals surface area contributed by atoms with Crippen LogP contribution in [0, 0.1) is 0 Å². The molecule has 2 unspecified atom stereocenters. The van der Waals surface area contributed by atoms with Crippen molar-refractivity contribution in [3.05, 3.63) is 34.9 Å². The van der Waals surface area contributed by atoms with Gasteiger partial charge in [0.15, 0.2) is 5.78 Å². The Bertz CT molecular complexity index is 658. The molecule has 0 spiro atoms. The van der Waals surface area contributed by atoms with Crippen molar-refractivity contribution in [2.24, 2.45) is 0 Å². The van der Waals surface area contributed by atoms with Crippen molar-refractivity contribution < 1.29 is 9.59 Å². The van der Waals surface area contributed by atoms with E-state index in [1.165, 1.54) is 36.8 Å². The Morgan fingerprint density at radius 2 is 1.72 bits per heavy atom. The van der Waals surface area contributed by atoms with E-state index in [-0.39, 0.29) is 17.7 Å². The molecular formula is C21H28N2O2. The standard InChI is InChI=1S/C21H28N2O2/c24-20(16-6-5-14-3-1-2-4-15(14)11-16)9-10-21(25)23-19-12-17-7-8-18(13-19)22-17/h5-6,11,17-19,22H,1-4,7-10,12-13H2,(H,23,25). The number of carbonyl (C=O) groups is 2. The lowest BCUT2D eigenvalue weighted by molar-refractivity contribution is -0.122. The van der Waals surface area contributed by atoms with Gasteiger partial charge in [-0.1, -0.05) is 12.1 Å². The minimum absolute atomic E-state index is 0.0256. The molecule has 1 aromatic rings. The molecule has 0 aromatic heterocycles. The van der Waals surface area contributed by atoms with Crippen molar-refractivity contribution in [2.75, 3.05) is 0 Å². The number of piperidine rings is 1. The fraction of sp³-hybridized carbons (Fsp3) is 0.619. The number of aryl methyl sites for hydroxylation is 2. The fourth-order valence-electron chi connectivity index (χ4n) is 4.75. The first-order valence-electron chi connectivity index (χ1n) is 9.88. The van der Waals surface area contributed by atoms with Crippen LogP contribution in [-0.4, -0.2) is 29.8 Å². The highest BCUT2D eigenvalue weighted by Gasteiger charge is 2.33. The molecule has 4 heteroatoms. The third-order valence-electron chi connectivity index (χ3n) is 6.09. The molecule has 1 amide bonds. The van der Waals surface area contributed by atoms with Crippen LogP contribution >= 0.6 is 0 Å². The highest BCUT2D eigenvalue weighted by molar-refractivity contribution is 5.98. The smallest absolute Gasteiger partial charge is 0.220 e. The Kier molecular flexibility index (Phi) is 4.89. The number of fused-ring (bicyclic) bond motifs is 3. The van der Waals surface area contributed by atoms with Gasteiger partial charge in [-0.15, -0.1) is 0 Å². The second kappa shape index (κ2) is 7.28. The zero-order valence-corrected chi connectivity index (χ0v) is 14.9. The van der Waals surface area contributed by atoms with Gasteiger partial charge in [-0.2, -0.15) is 0 Å². The average Bonchev–Trinajstić information content (AvgIpc) is 2.97. The molecule has 0 saturated carbocycles. The molecule has 3 aliphatic rings. The molecule has 25 heavy (non-hydrogen) atoms. The topological polar surface area (TPSA) is 58.2 Å². The number of hydrogen-bond acceptors (Lipinski definition) is 3. The van der Waals surface area contributed by atoms with Gasteiger partial charge in [-0.3, -0.25) is 9.59 Å². The second-order valence-electron chi connectivity index (χ2n) is 7.99. The van der Waals surface area contributed by atoms with Gasteiger partial charge < -0.3 is 10.6 Å². The number of amides is 1. The Balaban J connectivity index is 1.27. The molecule has 4 rings (SSSR count). The normalized spacial score (nSPS) is 27.6. The summed E-state index contributed by atoms with van der Waals surface area (Å²) in [4.78, 5) is 24.7. The number of carbonyl (C=O) groups excluding carboxylic acids is 2. The molecule has 1 aromatic carbocycles. The number of ketones is 1. The maximum Gasteiger partial charge on any atom is 0.220 e. The molecule has 2 aliphatic heterocycles. The van der Waals surface area contributed by atoms with Crippen molar-refractivity contribution in [1.29, 1.82) is 0 Å². The van der Waals surface area contributed by atoms with E-state index < -0.39 is 0 Å². The lowest BCUT2D eigenvalue weighted by atomic mass is 9.89. The maximum absolute atomic E-state index is 12.5. The SMILES string of the molecule is O=C(CCC(=O)c1ccc2c(c1)CCCC2)NC1CC2CCC(C1)N2. The van der Waals surface area contributed by atoms with Crippen molar-refractivity contribution in [3.63, 3.8) is 0 Å². The summed E-state index contributed by atoms with van der Waals surface area (Å²) in [6, 6.07) is 7.52. The van der Waals surface area contributed by atoms with E-state index in [2.05, 4.69) is 22.8 Å². The largest absolute Gasteiger partial charge is 0.353 e. The van der Waals surface area contributed by atoms with Crippen molar-refractivity contribution in [2.45, 2.75) is 82.3 Å². The van der Waals surface area contributed by atoms with Gasteiger partial charge in [0.2, 0.25) is 5.91 Å². The van der Waals surface area contributed by atoms with Crippen LogP contribution in [-0.2, 0) is 17.6 Å². The summed E-state index contributed by atoms with van der Waals surface area (Å²) in [6.07, 6.45) is 9.80. The molecule has 2 heterocycles. The Morgan fingerprint density at radius 3 is 2.48 bits per heavy atom. The van der Waals surface area contributed by atoms with Crippen LogP contribution in [0.25, 0.3) is 0 Å². The highest BCUT2D eigenvalue weighted by Crippen LogP contribution is 2.27. The third-order valence-corrected chi connectivity index (χ3v) is 6.09. The van der Waals surface area contributed by atoms with E-state index in [4.69, 9.17) is 0 Å². The summed E-state index contributed by atoms with van der Waals surface area (Å²) in [7, 11) is 0. The molecular weight excluding hydrogens is 312 g/mol. The van der Waals surface area contributed by atoms with Crippen molar-refractivity contribution in [3.8, 4) is 0 Å². The summed E-state index contributed by atoms with van der Waals surface area (Å²) in [5.41, 5.74) is 3.49. The maximum atomic E-state index is 12.5. The zero-order chi connectivity index (χ0) is 17.2. The van der Waals surface area contributed by atoms with Crippen molar-refractivity contribution in [1.82, 2.24) is 10.6 Å². The molecule has 1 aliphatic carbocycles. The summed E-state index contributed by atoms with van der Waals surface area (Å²) in [5.74, 6) is 0.117. The van der Waals surface area contributed by atoms with E-state index in [1.807, 2.05) is 6.07 Å². The molecule has 4 nitrogen and oxygen atoms in total. The first kappa shape index (κ1) is 16.8. The van der Waals surface area contributed by atoms with E-state index in [1.54, 1.807) is 0 Å². The second-order valence-corrected chi connectivity index (χ2v) is 7.99. The Labute approximate surface area is 149 Å². The van der Waals surface area contributed by atoms with Gasteiger partial charge in [-0.25, -0.2) is 0 Å². The zero-order valence-electron chi connectivity index (χ0n) is 14.9. The lowest BCUT2D eigenvalue weighted by Crippen LogP contribution is -2.48. The number of rotatable bonds is 5. The first-order valence-corrected chi connectivity index (χ1v) is 9.88. The summed E-state index contributed by atoms with van der Waals surface area (Å²) in [5, 5.41) is 6.73.